The Morgan fingerprint density at radius 1 is 1.36 bits per heavy atom. The van der Waals surface area contributed by atoms with E-state index in [-0.39, 0.29) is 5.89 Å². The zero-order chi connectivity index (χ0) is 8.48. The van der Waals surface area contributed by atoms with Gasteiger partial charge in [-0.05, 0) is 0 Å². The average molecular weight is 165 g/mol. The molecular weight excluding hydrogens is 161 g/mol. The van der Waals surface area contributed by atoms with E-state index < -0.39 is 12.1 Å². The fraction of sp³-hybridized carbons (Fsp3) is 0.400. The van der Waals surface area contributed by atoms with Crippen LogP contribution in [0.2, 0.25) is 0 Å². The molecule has 0 aliphatic rings. The molecule has 6 heteroatoms. The van der Waals surface area contributed by atoms with Crippen molar-refractivity contribution < 1.29 is 17.6 Å². The van der Waals surface area contributed by atoms with E-state index in [1.54, 1.807) is 0 Å². The number of alkyl halides is 3. The van der Waals surface area contributed by atoms with Gasteiger partial charge in [0, 0.05) is 6.42 Å². The van der Waals surface area contributed by atoms with E-state index in [1.807, 2.05) is 0 Å². The molecule has 0 amide bonds. The van der Waals surface area contributed by atoms with E-state index in [2.05, 4.69) is 14.6 Å². The lowest BCUT2D eigenvalue weighted by Gasteiger charge is -1.96. The summed E-state index contributed by atoms with van der Waals surface area (Å²) in [5, 5.41) is 5.89. The molecule has 11 heavy (non-hydrogen) atoms. The maximum Gasteiger partial charge on any atom is 0.470 e. The highest BCUT2D eigenvalue weighted by molar-refractivity contribution is 4.93. The first-order chi connectivity index (χ1) is 5.04. The molecule has 1 radical (unpaired) electrons. The van der Waals surface area contributed by atoms with Gasteiger partial charge >= 0.3 is 12.1 Å². The molecule has 0 saturated heterocycles. The Labute approximate surface area is 60.2 Å². The maximum absolute atomic E-state index is 11.7. The van der Waals surface area contributed by atoms with E-state index in [9.17, 15) is 13.2 Å². The average Bonchev–Trinajstić information content (AvgIpc) is 2.32. The van der Waals surface area contributed by atoms with Crippen LogP contribution in [-0.2, 0) is 6.18 Å². The smallest absolute Gasteiger partial charge is 0.417 e. The molecule has 0 atom stereocenters. The van der Waals surface area contributed by atoms with Crippen LogP contribution in [0, 0.1) is 6.42 Å². The Balaban J connectivity index is 2.89. The van der Waals surface area contributed by atoms with Crippen LogP contribution in [0.15, 0.2) is 4.42 Å². The number of nitrogens with zero attached hydrogens (tertiary/aromatic N) is 2. The van der Waals surface area contributed by atoms with Crippen molar-refractivity contribution in [2.45, 2.75) is 13.1 Å². The molecule has 0 bridgehead atoms. The SMILES string of the molecule is C[CH]c1nnc(C(F)(F)F)o1. The molecule has 0 aliphatic carbocycles. The first-order valence-electron chi connectivity index (χ1n) is 2.74. The Hall–Kier alpha value is -1.07. The van der Waals surface area contributed by atoms with E-state index in [0.717, 1.165) is 0 Å². The van der Waals surface area contributed by atoms with Crippen LogP contribution in [-0.4, -0.2) is 10.2 Å². The van der Waals surface area contributed by atoms with Gasteiger partial charge in [-0.2, -0.15) is 13.2 Å². The molecule has 1 heterocycles. The van der Waals surface area contributed by atoms with Gasteiger partial charge in [-0.25, -0.2) is 0 Å². The lowest BCUT2D eigenvalue weighted by molar-refractivity contribution is -0.157. The first kappa shape index (κ1) is 8.03. The number of hydrogen-bond acceptors (Lipinski definition) is 3. The van der Waals surface area contributed by atoms with Crippen LogP contribution in [0.25, 0.3) is 0 Å². The predicted octanol–water partition coefficient (Wildman–Crippen LogP) is 1.66. The number of aromatic nitrogens is 2. The van der Waals surface area contributed by atoms with E-state index in [1.165, 1.54) is 13.3 Å². The van der Waals surface area contributed by atoms with Crippen LogP contribution in [0.1, 0.15) is 18.7 Å². The van der Waals surface area contributed by atoms with Crippen molar-refractivity contribution in [2.75, 3.05) is 0 Å². The van der Waals surface area contributed by atoms with Gasteiger partial charge in [0.05, 0.1) is 0 Å². The zero-order valence-electron chi connectivity index (χ0n) is 5.51. The molecule has 1 rings (SSSR count). The maximum atomic E-state index is 11.7. The second-order valence-electron chi connectivity index (χ2n) is 1.73. The summed E-state index contributed by atoms with van der Waals surface area (Å²) in [6.07, 6.45) is -3.25. The van der Waals surface area contributed by atoms with Gasteiger partial charge in [0.1, 0.15) is 0 Å². The molecule has 0 aliphatic heterocycles. The summed E-state index contributed by atoms with van der Waals surface area (Å²) in [7, 11) is 0. The first-order valence-corrected chi connectivity index (χ1v) is 2.74. The Bertz CT molecular complexity index is 242. The van der Waals surface area contributed by atoms with E-state index >= 15 is 0 Å². The van der Waals surface area contributed by atoms with Crippen molar-refractivity contribution >= 4 is 0 Å². The van der Waals surface area contributed by atoms with Crippen LogP contribution >= 0.6 is 0 Å². The minimum Gasteiger partial charge on any atom is -0.417 e. The number of halogens is 3. The summed E-state index contributed by atoms with van der Waals surface area (Å²) in [5.74, 6) is -1.44. The quantitative estimate of drug-likeness (QED) is 0.635. The second kappa shape index (κ2) is 2.52. The molecular formula is C5H4F3N2O. The molecule has 1 aromatic rings. The Kier molecular flexibility index (Phi) is 1.84. The molecule has 0 unspecified atom stereocenters. The molecule has 0 saturated carbocycles. The summed E-state index contributed by atoms with van der Waals surface area (Å²) in [5.41, 5.74) is 0. The van der Waals surface area contributed by atoms with Crippen molar-refractivity contribution in [3.8, 4) is 0 Å². The summed E-state index contributed by atoms with van der Waals surface area (Å²) >= 11 is 0. The topological polar surface area (TPSA) is 38.9 Å². The summed E-state index contributed by atoms with van der Waals surface area (Å²) in [6.45, 7) is 1.51. The monoisotopic (exact) mass is 165 g/mol. The van der Waals surface area contributed by atoms with E-state index in [0.29, 0.717) is 0 Å². The van der Waals surface area contributed by atoms with Crippen LogP contribution < -0.4 is 0 Å². The largest absolute Gasteiger partial charge is 0.470 e. The molecule has 3 nitrogen and oxygen atoms in total. The fourth-order valence-corrected chi connectivity index (χ4v) is 0.466. The molecule has 1 aromatic heterocycles. The number of hydrogen-bond donors (Lipinski definition) is 0. The number of rotatable bonds is 1. The van der Waals surface area contributed by atoms with Gasteiger partial charge in [-0.3, -0.25) is 0 Å². The standard InChI is InChI=1S/C5H4F3N2O/c1-2-3-9-10-4(11-3)5(6,7)8/h2H,1H3. The third-order valence-corrected chi connectivity index (χ3v) is 0.930. The van der Waals surface area contributed by atoms with Gasteiger partial charge in [-0.1, -0.05) is 6.92 Å². The normalized spacial score (nSPS) is 12.0. The molecule has 0 fully saturated rings. The molecule has 0 spiro atoms. The molecule has 0 aromatic carbocycles. The third-order valence-electron chi connectivity index (χ3n) is 0.930. The van der Waals surface area contributed by atoms with Crippen molar-refractivity contribution in [1.82, 2.24) is 10.2 Å². The van der Waals surface area contributed by atoms with Gasteiger partial charge in [0.25, 0.3) is 0 Å². The van der Waals surface area contributed by atoms with E-state index in [4.69, 9.17) is 0 Å². The highest BCUT2D eigenvalue weighted by atomic mass is 19.4. The van der Waals surface area contributed by atoms with Crippen molar-refractivity contribution in [3.05, 3.63) is 18.2 Å². The lowest BCUT2D eigenvalue weighted by Crippen LogP contribution is -2.04. The third kappa shape index (κ3) is 1.69. The van der Waals surface area contributed by atoms with Crippen LogP contribution in [0.5, 0.6) is 0 Å². The Morgan fingerprint density at radius 3 is 2.27 bits per heavy atom. The lowest BCUT2D eigenvalue weighted by atomic mass is 10.5. The summed E-state index contributed by atoms with van der Waals surface area (Å²) in [4.78, 5) is 0. The van der Waals surface area contributed by atoms with Crippen LogP contribution in [0.4, 0.5) is 13.2 Å². The summed E-state index contributed by atoms with van der Waals surface area (Å²) < 4.78 is 39.4. The predicted molar refractivity (Wildman–Crippen MR) is 28.4 cm³/mol. The fourth-order valence-electron chi connectivity index (χ4n) is 0.466. The second-order valence-corrected chi connectivity index (χ2v) is 1.73. The van der Waals surface area contributed by atoms with Gasteiger partial charge in [-0.15, -0.1) is 10.2 Å². The zero-order valence-corrected chi connectivity index (χ0v) is 5.51. The van der Waals surface area contributed by atoms with Gasteiger partial charge < -0.3 is 4.42 Å². The molecule has 61 valence electrons. The highest BCUT2D eigenvalue weighted by Crippen LogP contribution is 2.27. The van der Waals surface area contributed by atoms with Crippen molar-refractivity contribution in [2.24, 2.45) is 0 Å². The Morgan fingerprint density at radius 2 is 2.00 bits per heavy atom. The van der Waals surface area contributed by atoms with Crippen molar-refractivity contribution in [3.63, 3.8) is 0 Å². The van der Waals surface area contributed by atoms with Crippen LogP contribution in [0.3, 0.4) is 0 Å². The van der Waals surface area contributed by atoms with Crippen molar-refractivity contribution in [1.29, 1.82) is 0 Å². The van der Waals surface area contributed by atoms with Gasteiger partial charge in [0.2, 0.25) is 5.89 Å². The van der Waals surface area contributed by atoms with Gasteiger partial charge in [0.15, 0.2) is 0 Å². The summed E-state index contributed by atoms with van der Waals surface area (Å²) in [6, 6.07) is 0. The highest BCUT2D eigenvalue weighted by Gasteiger charge is 2.37. The minimum atomic E-state index is -4.55. The molecule has 0 N–H and O–H groups in total. The minimum absolute atomic E-state index is 0.127.